The van der Waals surface area contributed by atoms with E-state index in [1.165, 1.54) is 23.1 Å². The van der Waals surface area contributed by atoms with Crippen LogP contribution in [0.1, 0.15) is 34.2 Å². The summed E-state index contributed by atoms with van der Waals surface area (Å²) < 4.78 is 2.71. The number of amides is 2. The fraction of sp³-hybridized carbons (Fsp3) is 0.250. The van der Waals surface area contributed by atoms with Gasteiger partial charge in [-0.3, -0.25) is 19.5 Å². The summed E-state index contributed by atoms with van der Waals surface area (Å²) in [5, 5.41) is 23.5. The molecule has 2 aromatic heterocycles. The van der Waals surface area contributed by atoms with E-state index in [1.807, 2.05) is 61.7 Å². The SMILES string of the molecule is CCSc1nnc(NC(=O)CSc2nnc(CNC(=O)c3ccccc3)n2-c2cc(C)ccc2C)s1. The molecule has 0 bridgehead atoms. The Hall–Kier alpha value is -3.22. The van der Waals surface area contributed by atoms with E-state index < -0.39 is 0 Å². The molecule has 0 aliphatic carbocycles. The maximum absolute atomic E-state index is 12.6. The lowest BCUT2D eigenvalue weighted by Gasteiger charge is -2.14. The van der Waals surface area contributed by atoms with Gasteiger partial charge in [0.2, 0.25) is 11.0 Å². The largest absolute Gasteiger partial charge is 0.345 e. The molecule has 0 aliphatic rings. The number of anilines is 1. The number of carbonyl (C=O) groups excluding carboxylic acids is 2. The Morgan fingerprint density at radius 3 is 2.58 bits per heavy atom. The molecule has 12 heteroatoms. The molecule has 0 fully saturated rings. The quantitative estimate of drug-likeness (QED) is 0.224. The Morgan fingerprint density at radius 1 is 1.00 bits per heavy atom. The van der Waals surface area contributed by atoms with Crippen LogP contribution in [0.2, 0.25) is 0 Å². The van der Waals surface area contributed by atoms with Crippen LogP contribution in [0.3, 0.4) is 0 Å². The van der Waals surface area contributed by atoms with Gasteiger partial charge in [-0.25, -0.2) is 0 Å². The number of nitrogens with zero attached hydrogens (tertiary/aromatic N) is 5. The molecule has 2 amide bonds. The minimum Gasteiger partial charge on any atom is -0.345 e. The summed E-state index contributed by atoms with van der Waals surface area (Å²) in [6.45, 7) is 6.24. The summed E-state index contributed by atoms with van der Waals surface area (Å²) in [6.07, 6.45) is 0. The van der Waals surface area contributed by atoms with Crippen molar-refractivity contribution in [2.24, 2.45) is 0 Å². The van der Waals surface area contributed by atoms with Gasteiger partial charge in [0.05, 0.1) is 18.0 Å². The van der Waals surface area contributed by atoms with Gasteiger partial charge in [-0.15, -0.1) is 20.4 Å². The average Bonchev–Trinajstić information content (AvgIpc) is 3.50. The molecule has 4 aromatic rings. The molecule has 2 aromatic carbocycles. The average molecular weight is 540 g/mol. The highest BCUT2D eigenvalue weighted by Crippen LogP contribution is 2.27. The number of nitrogens with one attached hydrogen (secondary N) is 2. The van der Waals surface area contributed by atoms with Gasteiger partial charge in [0, 0.05) is 5.56 Å². The molecule has 0 atom stereocenters. The molecule has 9 nitrogen and oxygen atoms in total. The number of aromatic nitrogens is 5. The van der Waals surface area contributed by atoms with Crippen LogP contribution in [0, 0.1) is 13.8 Å². The minimum atomic E-state index is -0.210. The van der Waals surface area contributed by atoms with Crippen LogP contribution in [0.5, 0.6) is 0 Å². The van der Waals surface area contributed by atoms with E-state index >= 15 is 0 Å². The highest BCUT2D eigenvalue weighted by atomic mass is 32.2. The van der Waals surface area contributed by atoms with Crippen LogP contribution in [0.15, 0.2) is 58.0 Å². The maximum Gasteiger partial charge on any atom is 0.251 e. The predicted octanol–water partition coefficient (Wildman–Crippen LogP) is 4.51. The van der Waals surface area contributed by atoms with E-state index in [1.54, 1.807) is 23.9 Å². The van der Waals surface area contributed by atoms with Crippen molar-refractivity contribution >= 4 is 51.8 Å². The number of aryl methyl sites for hydroxylation is 2. The topological polar surface area (TPSA) is 115 Å². The van der Waals surface area contributed by atoms with Crippen LogP contribution in [0.25, 0.3) is 5.69 Å². The number of thioether (sulfide) groups is 2. The van der Waals surface area contributed by atoms with Crippen molar-refractivity contribution in [3.05, 3.63) is 71.0 Å². The van der Waals surface area contributed by atoms with Crippen molar-refractivity contribution in [2.75, 3.05) is 16.8 Å². The second kappa shape index (κ2) is 12.2. The van der Waals surface area contributed by atoms with E-state index in [9.17, 15) is 9.59 Å². The van der Waals surface area contributed by atoms with Crippen LogP contribution >= 0.6 is 34.9 Å². The Balaban J connectivity index is 1.51. The molecule has 0 radical (unpaired) electrons. The van der Waals surface area contributed by atoms with Crippen molar-refractivity contribution in [1.29, 1.82) is 0 Å². The van der Waals surface area contributed by atoms with E-state index in [0.717, 1.165) is 26.9 Å². The van der Waals surface area contributed by atoms with Crippen LogP contribution in [-0.4, -0.2) is 48.3 Å². The van der Waals surface area contributed by atoms with Gasteiger partial charge in [-0.1, -0.05) is 72.1 Å². The van der Waals surface area contributed by atoms with Gasteiger partial charge in [-0.05, 0) is 48.9 Å². The third kappa shape index (κ3) is 6.50. The summed E-state index contributed by atoms with van der Waals surface area (Å²) in [5.74, 6) is 1.17. The third-order valence-electron chi connectivity index (χ3n) is 5.00. The van der Waals surface area contributed by atoms with E-state index in [-0.39, 0.29) is 24.1 Å². The number of hydrogen-bond acceptors (Lipinski definition) is 9. The van der Waals surface area contributed by atoms with Gasteiger partial charge in [0.1, 0.15) is 0 Å². The number of carbonyl (C=O) groups is 2. The zero-order valence-corrected chi connectivity index (χ0v) is 22.5. The molecule has 0 unspecified atom stereocenters. The Morgan fingerprint density at radius 2 is 1.81 bits per heavy atom. The monoisotopic (exact) mass is 539 g/mol. The second-order valence-electron chi connectivity index (χ2n) is 7.72. The lowest BCUT2D eigenvalue weighted by molar-refractivity contribution is -0.113. The van der Waals surface area contributed by atoms with Crippen molar-refractivity contribution in [3.8, 4) is 5.69 Å². The van der Waals surface area contributed by atoms with Crippen molar-refractivity contribution in [1.82, 2.24) is 30.3 Å². The van der Waals surface area contributed by atoms with Crippen molar-refractivity contribution < 1.29 is 9.59 Å². The molecule has 186 valence electrons. The predicted molar refractivity (Wildman–Crippen MR) is 144 cm³/mol. The number of hydrogen-bond donors (Lipinski definition) is 2. The molecule has 0 saturated carbocycles. The molecule has 0 spiro atoms. The lowest BCUT2D eigenvalue weighted by atomic mass is 10.1. The third-order valence-corrected chi connectivity index (χ3v) is 7.79. The van der Waals surface area contributed by atoms with Gasteiger partial charge in [0.15, 0.2) is 15.3 Å². The van der Waals surface area contributed by atoms with Gasteiger partial charge < -0.3 is 5.32 Å². The summed E-state index contributed by atoms with van der Waals surface area (Å²) in [6, 6.07) is 15.1. The lowest BCUT2D eigenvalue weighted by Crippen LogP contribution is -2.24. The first-order valence-electron chi connectivity index (χ1n) is 11.2. The Kier molecular flexibility index (Phi) is 8.73. The second-order valence-corrected chi connectivity index (χ2v) is 11.1. The maximum atomic E-state index is 12.6. The zero-order valence-electron chi connectivity index (χ0n) is 20.0. The Labute approximate surface area is 221 Å². The molecule has 0 aliphatic heterocycles. The smallest absolute Gasteiger partial charge is 0.251 e. The Bertz CT molecular complexity index is 1360. The fourth-order valence-electron chi connectivity index (χ4n) is 3.29. The van der Waals surface area contributed by atoms with Crippen LogP contribution in [0.4, 0.5) is 5.13 Å². The van der Waals surface area contributed by atoms with Gasteiger partial charge in [-0.2, -0.15) is 0 Å². The normalized spacial score (nSPS) is 10.9. The first-order chi connectivity index (χ1) is 17.4. The van der Waals surface area contributed by atoms with E-state index in [4.69, 9.17) is 0 Å². The summed E-state index contributed by atoms with van der Waals surface area (Å²) >= 11 is 4.20. The van der Waals surface area contributed by atoms with Crippen molar-refractivity contribution in [2.45, 2.75) is 36.8 Å². The summed E-state index contributed by atoms with van der Waals surface area (Å²) in [7, 11) is 0. The molecular weight excluding hydrogens is 515 g/mol. The summed E-state index contributed by atoms with van der Waals surface area (Å²) in [4.78, 5) is 25.2. The van der Waals surface area contributed by atoms with E-state index in [0.29, 0.717) is 21.7 Å². The first kappa shape index (κ1) is 25.9. The standard InChI is InChI=1S/C24H25N7O2S3/c1-4-34-24-30-28-22(36-24)26-20(32)14-35-23-29-27-19(13-25-21(33)17-8-6-5-7-9-17)31(23)18-12-15(2)10-11-16(18)3/h5-12H,4,13-14H2,1-3H3,(H,25,33)(H,26,28,32). The molecular formula is C24H25N7O2S3. The molecule has 2 N–H and O–H groups in total. The van der Waals surface area contributed by atoms with Gasteiger partial charge in [0.25, 0.3) is 5.91 Å². The fourth-order valence-corrected chi connectivity index (χ4v) is 5.72. The number of benzene rings is 2. The molecule has 0 saturated heterocycles. The van der Waals surface area contributed by atoms with Crippen molar-refractivity contribution in [3.63, 3.8) is 0 Å². The molecule has 36 heavy (non-hydrogen) atoms. The zero-order chi connectivity index (χ0) is 25.5. The highest BCUT2D eigenvalue weighted by molar-refractivity contribution is 8.01. The van der Waals surface area contributed by atoms with Gasteiger partial charge >= 0.3 is 0 Å². The number of rotatable bonds is 10. The van der Waals surface area contributed by atoms with E-state index in [2.05, 4.69) is 31.0 Å². The molecule has 2 heterocycles. The first-order valence-corrected chi connectivity index (χ1v) is 14.0. The van der Waals surface area contributed by atoms with Crippen LogP contribution in [-0.2, 0) is 11.3 Å². The highest BCUT2D eigenvalue weighted by Gasteiger charge is 2.19. The molecule has 4 rings (SSSR count). The summed E-state index contributed by atoms with van der Waals surface area (Å²) in [5.41, 5.74) is 3.57. The van der Waals surface area contributed by atoms with Crippen LogP contribution < -0.4 is 10.6 Å². The minimum absolute atomic E-state index is 0.120.